The van der Waals surface area contributed by atoms with Gasteiger partial charge < -0.3 is 9.84 Å². The zero-order valence-corrected chi connectivity index (χ0v) is 12.6. The van der Waals surface area contributed by atoms with Crippen LogP contribution in [0.25, 0.3) is 0 Å². The van der Waals surface area contributed by atoms with E-state index in [-0.39, 0.29) is 48.6 Å². The number of allylic oxidation sites excluding steroid dienone is 2. The maximum Gasteiger partial charge on any atom is 0.334 e. The van der Waals surface area contributed by atoms with Crippen LogP contribution in [0.2, 0.25) is 0 Å². The first-order chi connectivity index (χ1) is 10.4. The summed E-state index contributed by atoms with van der Waals surface area (Å²) in [5.74, 6) is -2.09. The molecule has 6 heteroatoms. The van der Waals surface area contributed by atoms with E-state index in [1.54, 1.807) is 12.2 Å². The molecule has 0 spiro atoms. The molecule has 120 valence electrons. The lowest BCUT2D eigenvalue weighted by atomic mass is 9.89. The predicted octanol–water partition coefficient (Wildman–Crippen LogP) is 0.520. The number of hydrogen-bond donors (Lipinski definition) is 1. The van der Waals surface area contributed by atoms with Crippen molar-refractivity contribution in [3.8, 4) is 0 Å². The van der Waals surface area contributed by atoms with Gasteiger partial charge in [0.2, 0.25) is 11.8 Å². The number of hydrogen-bond acceptors (Lipinski definition) is 5. The molecule has 0 bridgehead atoms. The van der Waals surface area contributed by atoms with Gasteiger partial charge in [0.05, 0.1) is 18.4 Å². The van der Waals surface area contributed by atoms with Crippen LogP contribution >= 0.6 is 0 Å². The maximum atomic E-state index is 12.5. The van der Waals surface area contributed by atoms with E-state index in [9.17, 15) is 14.4 Å². The third-order valence-electron chi connectivity index (χ3n) is 4.46. The van der Waals surface area contributed by atoms with Gasteiger partial charge in [-0.25, -0.2) is 4.79 Å². The molecule has 22 heavy (non-hydrogen) atoms. The molecule has 1 aliphatic carbocycles. The van der Waals surface area contributed by atoms with Crippen LogP contribution in [0.1, 0.15) is 13.3 Å². The van der Waals surface area contributed by atoms with Gasteiger partial charge in [-0.05, 0) is 25.2 Å². The predicted molar refractivity (Wildman–Crippen MR) is 78.3 cm³/mol. The van der Waals surface area contributed by atoms with E-state index in [0.29, 0.717) is 6.42 Å². The lowest BCUT2D eigenvalue weighted by Crippen LogP contribution is -2.37. The number of amides is 2. The highest BCUT2D eigenvalue weighted by Gasteiger charge is 2.56. The lowest BCUT2D eigenvalue weighted by Gasteiger charge is -2.18. The zero-order chi connectivity index (χ0) is 16.4. The minimum absolute atomic E-state index is 0.0108. The first kappa shape index (κ1) is 16.4. The van der Waals surface area contributed by atoms with Gasteiger partial charge in [-0.15, -0.1) is 13.2 Å². The smallest absolute Gasteiger partial charge is 0.334 e. The summed E-state index contributed by atoms with van der Waals surface area (Å²) >= 11 is 0. The number of imide groups is 1. The van der Waals surface area contributed by atoms with Crippen molar-refractivity contribution in [1.82, 2.24) is 4.90 Å². The molecule has 5 unspecified atom stereocenters. The fourth-order valence-corrected chi connectivity index (χ4v) is 3.35. The Labute approximate surface area is 129 Å². The fraction of sp³-hybridized carbons (Fsp3) is 0.562. The Hall–Kier alpha value is -1.95. The van der Waals surface area contributed by atoms with Crippen molar-refractivity contribution in [2.45, 2.75) is 19.4 Å². The molecule has 1 saturated carbocycles. The van der Waals surface area contributed by atoms with Crippen molar-refractivity contribution in [3.63, 3.8) is 0 Å². The minimum Gasteiger partial charge on any atom is -0.462 e. The Morgan fingerprint density at radius 3 is 2.23 bits per heavy atom. The molecule has 1 saturated heterocycles. The SMILES string of the molecule is C=CC1CC(C=C)C2C(=O)N(CCOC(=O)C(C)O)C(=O)C12. The van der Waals surface area contributed by atoms with E-state index >= 15 is 0 Å². The summed E-state index contributed by atoms with van der Waals surface area (Å²) in [7, 11) is 0. The largest absolute Gasteiger partial charge is 0.462 e. The van der Waals surface area contributed by atoms with Gasteiger partial charge in [-0.3, -0.25) is 14.5 Å². The topological polar surface area (TPSA) is 83.9 Å². The third-order valence-corrected chi connectivity index (χ3v) is 4.46. The van der Waals surface area contributed by atoms with Crippen molar-refractivity contribution in [2.75, 3.05) is 13.2 Å². The Kier molecular flexibility index (Phi) is 4.81. The second kappa shape index (κ2) is 6.44. The fourth-order valence-electron chi connectivity index (χ4n) is 3.35. The zero-order valence-electron chi connectivity index (χ0n) is 12.6. The van der Waals surface area contributed by atoms with Crippen molar-refractivity contribution in [2.24, 2.45) is 23.7 Å². The van der Waals surface area contributed by atoms with Crippen molar-refractivity contribution >= 4 is 17.8 Å². The van der Waals surface area contributed by atoms with Gasteiger partial charge in [0.15, 0.2) is 0 Å². The summed E-state index contributed by atoms with van der Waals surface area (Å²) < 4.78 is 4.82. The van der Waals surface area contributed by atoms with Crippen LogP contribution in [0.3, 0.4) is 0 Å². The number of fused-ring (bicyclic) bond motifs is 1. The molecule has 0 aromatic heterocycles. The second-order valence-corrected chi connectivity index (χ2v) is 5.76. The van der Waals surface area contributed by atoms with E-state index < -0.39 is 12.1 Å². The van der Waals surface area contributed by atoms with Crippen LogP contribution < -0.4 is 0 Å². The number of aliphatic hydroxyl groups excluding tert-OH is 1. The number of rotatable bonds is 6. The minimum atomic E-state index is -1.22. The average molecular weight is 307 g/mol. The van der Waals surface area contributed by atoms with Crippen LogP contribution in [0, 0.1) is 23.7 Å². The number of ether oxygens (including phenoxy) is 1. The van der Waals surface area contributed by atoms with Gasteiger partial charge in [0.1, 0.15) is 12.7 Å². The van der Waals surface area contributed by atoms with Crippen molar-refractivity contribution < 1.29 is 24.2 Å². The Balaban J connectivity index is 2.04. The first-order valence-corrected chi connectivity index (χ1v) is 7.37. The number of likely N-dealkylation sites (tertiary alicyclic amines) is 1. The molecule has 1 aliphatic heterocycles. The molecule has 2 aliphatic rings. The van der Waals surface area contributed by atoms with Gasteiger partial charge in [0, 0.05) is 0 Å². The Morgan fingerprint density at radius 2 is 1.82 bits per heavy atom. The summed E-state index contributed by atoms with van der Waals surface area (Å²) in [5, 5.41) is 9.04. The maximum absolute atomic E-state index is 12.5. The van der Waals surface area contributed by atoms with Crippen LogP contribution in [0.4, 0.5) is 0 Å². The van der Waals surface area contributed by atoms with E-state index in [2.05, 4.69) is 13.2 Å². The second-order valence-electron chi connectivity index (χ2n) is 5.76. The van der Waals surface area contributed by atoms with Gasteiger partial charge in [0.25, 0.3) is 0 Å². The lowest BCUT2D eigenvalue weighted by molar-refractivity contribution is -0.155. The molecule has 6 nitrogen and oxygen atoms in total. The summed E-state index contributed by atoms with van der Waals surface area (Å²) in [4.78, 5) is 37.3. The van der Waals surface area contributed by atoms with Crippen molar-refractivity contribution in [1.29, 1.82) is 0 Å². The quantitative estimate of drug-likeness (QED) is 0.439. The van der Waals surface area contributed by atoms with E-state index in [1.807, 2.05) is 0 Å². The Morgan fingerprint density at radius 1 is 1.32 bits per heavy atom. The molecule has 2 amide bonds. The summed E-state index contributed by atoms with van der Waals surface area (Å²) in [6.07, 6.45) is 2.94. The molecule has 0 radical (unpaired) electrons. The number of nitrogens with zero attached hydrogens (tertiary/aromatic N) is 1. The molecule has 2 rings (SSSR count). The van der Waals surface area contributed by atoms with Gasteiger partial charge in [-0.2, -0.15) is 0 Å². The molecular formula is C16H21NO5. The third kappa shape index (κ3) is 2.70. The monoisotopic (exact) mass is 307 g/mol. The number of aliphatic hydroxyl groups is 1. The molecule has 1 N–H and O–H groups in total. The molecule has 0 aromatic carbocycles. The highest BCUT2D eigenvalue weighted by molar-refractivity contribution is 6.06. The average Bonchev–Trinajstić information content (AvgIpc) is 2.98. The van der Waals surface area contributed by atoms with Crippen LogP contribution in [0.5, 0.6) is 0 Å². The first-order valence-electron chi connectivity index (χ1n) is 7.37. The van der Waals surface area contributed by atoms with Crippen LogP contribution in [-0.4, -0.2) is 47.0 Å². The standard InChI is InChI=1S/C16H21NO5/c1-4-10-8-11(5-2)13-12(10)14(19)17(15(13)20)6-7-22-16(21)9(3)18/h4-5,9-13,18H,1-2,6-8H2,3H3. The van der Waals surface area contributed by atoms with Crippen LogP contribution in [0.15, 0.2) is 25.3 Å². The summed E-state index contributed by atoms with van der Waals surface area (Å²) in [5.41, 5.74) is 0. The highest BCUT2D eigenvalue weighted by Crippen LogP contribution is 2.48. The Bertz CT molecular complexity index is 481. The van der Waals surface area contributed by atoms with E-state index in [1.165, 1.54) is 6.92 Å². The van der Waals surface area contributed by atoms with Crippen LogP contribution in [-0.2, 0) is 19.1 Å². The summed E-state index contributed by atoms with van der Waals surface area (Å²) in [6.45, 7) is 8.69. The summed E-state index contributed by atoms with van der Waals surface area (Å²) in [6, 6.07) is 0. The molecule has 1 heterocycles. The molecular weight excluding hydrogens is 286 g/mol. The number of carbonyl (C=O) groups excluding carboxylic acids is 3. The van der Waals surface area contributed by atoms with Gasteiger partial charge in [-0.1, -0.05) is 12.2 Å². The van der Waals surface area contributed by atoms with Crippen molar-refractivity contribution in [3.05, 3.63) is 25.3 Å². The highest BCUT2D eigenvalue weighted by atomic mass is 16.5. The molecule has 2 fully saturated rings. The number of carbonyl (C=O) groups is 3. The van der Waals surface area contributed by atoms with Gasteiger partial charge >= 0.3 is 5.97 Å². The van der Waals surface area contributed by atoms with E-state index in [0.717, 1.165) is 4.90 Å². The normalized spacial score (nSPS) is 31.8. The number of esters is 1. The molecule has 5 atom stereocenters. The molecule has 0 aromatic rings. The van der Waals surface area contributed by atoms with E-state index in [4.69, 9.17) is 9.84 Å².